The predicted octanol–water partition coefficient (Wildman–Crippen LogP) is 2.59. The van der Waals surface area contributed by atoms with Crippen molar-refractivity contribution in [1.29, 1.82) is 0 Å². The van der Waals surface area contributed by atoms with Crippen molar-refractivity contribution >= 4 is 28.5 Å². The monoisotopic (exact) mass is 272 g/mol. The van der Waals surface area contributed by atoms with Crippen molar-refractivity contribution in [3.8, 4) is 0 Å². The quantitative estimate of drug-likeness (QED) is 0.683. The lowest BCUT2D eigenvalue weighted by Gasteiger charge is -2.10. The summed E-state index contributed by atoms with van der Waals surface area (Å²) in [6, 6.07) is 4.55. The van der Waals surface area contributed by atoms with Crippen LogP contribution in [0.4, 0.5) is 21.8 Å². The van der Waals surface area contributed by atoms with Crippen LogP contribution in [0.25, 0.3) is 11.0 Å². The number of aromatic amines is 1. The number of aryl methyl sites for hydroxylation is 1. The van der Waals surface area contributed by atoms with Gasteiger partial charge >= 0.3 is 0 Å². The highest BCUT2D eigenvalue weighted by atomic mass is 19.1. The van der Waals surface area contributed by atoms with Crippen molar-refractivity contribution in [3.63, 3.8) is 0 Å². The molecule has 2 heterocycles. The summed E-state index contributed by atoms with van der Waals surface area (Å²) >= 11 is 0. The second kappa shape index (κ2) is 4.76. The molecule has 0 aliphatic rings. The summed E-state index contributed by atoms with van der Waals surface area (Å²) < 4.78 is 13.1. The number of hydrogen-bond donors (Lipinski definition) is 3. The Bertz CT molecular complexity index is 767. The molecule has 3 rings (SSSR count). The number of nitrogens with zero attached hydrogens (tertiary/aromatic N) is 3. The van der Waals surface area contributed by atoms with E-state index in [1.54, 1.807) is 19.3 Å². The molecule has 0 spiro atoms. The number of benzene rings is 1. The molecule has 0 amide bonds. The summed E-state index contributed by atoms with van der Waals surface area (Å²) in [6.07, 6.45) is 1.65. The molecule has 20 heavy (non-hydrogen) atoms. The lowest BCUT2D eigenvalue weighted by atomic mass is 10.2. The molecule has 2 aromatic heterocycles. The van der Waals surface area contributed by atoms with Gasteiger partial charge in [-0.3, -0.25) is 5.10 Å². The first-order valence-electron chi connectivity index (χ1n) is 6.09. The van der Waals surface area contributed by atoms with E-state index in [9.17, 15) is 4.39 Å². The third kappa shape index (κ3) is 2.13. The summed E-state index contributed by atoms with van der Waals surface area (Å²) in [6.45, 7) is 1.83. The zero-order valence-electron chi connectivity index (χ0n) is 11.0. The lowest BCUT2D eigenvalue weighted by Crippen LogP contribution is -2.02. The average Bonchev–Trinajstić information content (AvgIpc) is 2.90. The van der Waals surface area contributed by atoms with Gasteiger partial charge in [0.1, 0.15) is 11.6 Å². The van der Waals surface area contributed by atoms with Crippen LogP contribution in [0.2, 0.25) is 0 Å². The Kier molecular flexibility index (Phi) is 2.94. The van der Waals surface area contributed by atoms with E-state index in [-0.39, 0.29) is 5.82 Å². The Labute approximate surface area is 114 Å². The standard InChI is InChI=1S/C13H13FN6/c1-7-5-8(14)3-4-10(7)17-11-9-6-16-20-12(9)19-13(15-2)18-11/h3-6H,1-2H3,(H3,15,16,17,18,19,20). The second-order valence-electron chi connectivity index (χ2n) is 4.36. The SMILES string of the molecule is CNc1nc(Nc2ccc(F)cc2C)c2cn[nH]c2n1. The molecule has 0 bridgehead atoms. The Morgan fingerprint density at radius 2 is 2.10 bits per heavy atom. The molecule has 0 saturated carbocycles. The first kappa shape index (κ1) is 12.3. The molecule has 0 radical (unpaired) electrons. The summed E-state index contributed by atoms with van der Waals surface area (Å²) in [5.74, 6) is 0.826. The molecule has 0 atom stereocenters. The van der Waals surface area contributed by atoms with Crippen LogP contribution in [-0.4, -0.2) is 27.2 Å². The molecule has 0 unspecified atom stereocenters. The van der Waals surface area contributed by atoms with E-state index in [2.05, 4.69) is 30.8 Å². The van der Waals surface area contributed by atoms with Crippen molar-refractivity contribution in [1.82, 2.24) is 20.2 Å². The predicted molar refractivity (Wildman–Crippen MR) is 75.7 cm³/mol. The largest absolute Gasteiger partial charge is 0.357 e. The van der Waals surface area contributed by atoms with E-state index in [4.69, 9.17) is 0 Å². The number of anilines is 3. The minimum Gasteiger partial charge on any atom is -0.357 e. The lowest BCUT2D eigenvalue weighted by molar-refractivity contribution is 0.627. The van der Waals surface area contributed by atoms with Gasteiger partial charge in [-0.25, -0.2) is 4.39 Å². The van der Waals surface area contributed by atoms with E-state index >= 15 is 0 Å². The summed E-state index contributed by atoms with van der Waals surface area (Å²) in [5, 5.41) is 13.6. The van der Waals surface area contributed by atoms with E-state index < -0.39 is 0 Å². The Hall–Kier alpha value is -2.70. The molecule has 0 fully saturated rings. The Morgan fingerprint density at radius 1 is 1.25 bits per heavy atom. The maximum atomic E-state index is 13.1. The molecule has 102 valence electrons. The van der Waals surface area contributed by atoms with Gasteiger partial charge in [0.15, 0.2) is 5.65 Å². The number of halogens is 1. The van der Waals surface area contributed by atoms with Gasteiger partial charge in [0, 0.05) is 12.7 Å². The fourth-order valence-electron chi connectivity index (χ4n) is 1.94. The van der Waals surface area contributed by atoms with Gasteiger partial charge in [-0.2, -0.15) is 15.1 Å². The first-order chi connectivity index (χ1) is 9.67. The van der Waals surface area contributed by atoms with Crippen LogP contribution < -0.4 is 10.6 Å². The topological polar surface area (TPSA) is 78.5 Å². The van der Waals surface area contributed by atoms with Crippen molar-refractivity contribution in [3.05, 3.63) is 35.8 Å². The van der Waals surface area contributed by atoms with Gasteiger partial charge < -0.3 is 10.6 Å². The number of rotatable bonds is 3. The summed E-state index contributed by atoms with van der Waals surface area (Å²) in [4.78, 5) is 8.62. The van der Waals surface area contributed by atoms with E-state index in [1.807, 2.05) is 6.92 Å². The third-order valence-electron chi connectivity index (χ3n) is 2.97. The molecule has 6 nitrogen and oxygen atoms in total. The molecule has 3 aromatic rings. The number of hydrogen-bond acceptors (Lipinski definition) is 5. The van der Waals surface area contributed by atoms with E-state index in [0.29, 0.717) is 17.4 Å². The Morgan fingerprint density at radius 3 is 2.85 bits per heavy atom. The zero-order valence-corrected chi connectivity index (χ0v) is 11.0. The van der Waals surface area contributed by atoms with Crippen LogP contribution in [0.15, 0.2) is 24.4 Å². The smallest absolute Gasteiger partial charge is 0.226 e. The highest BCUT2D eigenvalue weighted by molar-refractivity contribution is 5.89. The number of H-pyrrole nitrogens is 1. The van der Waals surface area contributed by atoms with Crippen LogP contribution >= 0.6 is 0 Å². The van der Waals surface area contributed by atoms with Crippen molar-refractivity contribution in [2.45, 2.75) is 6.92 Å². The molecule has 0 aliphatic carbocycles. The highest BCUT2D eigenvalue weighted by Gasteiger charge is 2.10. The van der Waals surface area contributed by atoms with Crippen molar-refractivity contribution in [2.24, 2.45) is 0 Å². The van der Waals surface area contributed by atoms with Crippen molar-refractivity contribution in [2.75, 3.05) is 17.7 Å². The molecule has 3 N–H and O–H groups in total. The molecular weight excluding hydrogens is 259 g/mol. The van der Waals surface area contributed by atoms with E-state index in [1.165, 1.54) is 12.1 Å². The van der Waals surface area contributed by atoms with Crippen LogP contribution in [0.1, 0.15) is 5.56 Å². The average molecular weight is 272 g/mol. The fourth-order valence-corrected chi connectivity index (χ4v) is 1.94. The van der Waals surface area contributed by atoms with Crippen LogP contribution in [0.3, 0.4) is 0 Å². The summed E-state index contributed by atoms with van der Waals surface area (Å²) in [7, 11) is 1.74. The first-order valence-corrected chi connectivity index (χ1v) is 6.09. The minimum absolute atomic E-state index is 0.264. The maximum absolute atomic E-state index is 13.1. The third-order valence-corrected chi connectivity index (χ3v) is 2.97. The maximum Gasteiger partial charge on any atom is 0.226 e. The van der Waals surface area contributed by atoms with Gasteiger partial charge in [-0.15, -0.1) is 0 Å². The molecule has 7 heteroatoms. The highest BCUT2D eigenvalue weighted by Crippen LogP contribution is 2.25. The van der Waals surface area contributed by atoms with Crippen LogP contribution in [0.5, 0.6) is 0 Å². The number of aromatic nitrogens is 4. The van der Waals surface area contributed by atoms with Crippen molar-refractivity contribution < 1.29 is 4.39 Å². The van der Waals surface area contributed by atoms with Gasteiger partial charge in [0.25, 0.3) is 0 Å². The number of fused-ring (bicyclic) bond motifs is 1. The van der Waals surface area contributed by atoms with Gasteiger partial charge in [-0.05, 0) is 30.7 Å². The molecule has 0 aliphatic heterocycles. The normalized spacial score (nSPS) is 10.8. The number of nitrogens with one attached hydrogen (secondary N) is 3. The Balaban J connectivity index is 2.07. The molecule has 0 saturated heterocycles. The van der Waals surface area contributed by atoms with Gasteiger partial charge in [0.2, 0.25) is 5.95 Å². The second-order valence-corrected chi connectivity index (χ2v) is 4.36. The summed E-state index contributed by atoms with van der Waals surface area (Å²) in [5.41, 5.74) is 2.22. The minimum atomic E-state index is -0.264. The van der Waals surface area contributed by atoms with E-state index in [0.717, 1.165) is 16.6 Å². The van der Waals surface area contributed by atoms with Crippen LogP contribution in [0, 0.1) is 12.7 Å². The van der Waals surface area contributed by atoms with Crippen LogP contribution in [-0.2, 0) is 0 Å². The van der Waals surface area contributed by atoms with Gasteiger partial charge in [-0.1, -0.05) is 0 Å². The molecule has 1 aromatic carbocycles. The van der Waals surface area contributed by atoms with Gasteiger partial charge in [0.05, 0.1) is 11.6 Å². The molecular formula is C13H13FN6. The fraction of sp³-hybridized carbons (Fsp3) is 0.154. The zero-order chi connectivity index (χ0) is 14.1.